The third-order valence-corrected chi connectivity index (χ3v) is 6.08. The van der Waals surface area contributed by atoms with Crippen LogP contribution in [0.1, 0.15) is 9.80 Å². The average Bonchev–Trinajstić information content (AvgIpc) is 3.30. The van der Waals surface area contributed by atoms with Crippen molar-refractivity contribution in [3.05, 3.63) is 39.2 Å². The Hall–Kier alpha value is -3.38. The number of likely N-dealkylation sites (N-methyl/N-ethyl adjacent to an activating group) is 2. The van der Waals surface area contributed by atoms with Crippen molar-refractivity contribution in [3.63, 3.8) is 0 Å². The molecule has 0 aliphatic heterocycles. The summed E-state index contributed by atoms with van der Waals surface area (Å²) in [4.78, 5) is 54.9. The Morgan fingerprint density at radius 1 is 1.17 bits per heavy atom. The molecule has 10 nitrogen and oxygen atoms in total. The fraction of sp³-hybridized carbons (Fsp3) is 0.222. The lowest BCUT2D eigenvalue weighted by Gasteiger charge is -2.17. The van der Waals surface area contributed by atoms with E-state index in [9.17, 15) is 14.4 Å². The number of nitrogens with one attached hydrogen (secondary N) is 2. The Kier molecular flexibility index (Phi) is 5.18. The first-order valence-corrected chi connectivity index (χ1v) is 10.4. The van der Waals surface area contributed by atoms with Gasteiger partial charge in [-0.25, -0.2) is 15.0 Å². The summed E-state index contributed by atoms with van der Waals surface area (Å²) in [6, 6.07) is 5.46. The summed E-state index contributed by atoms with van der Waals surface area (Å²) >= 11 is 2.26. The fourth-order valence-electron chi connectivity index (χ4n) is 2.68. The van der Waals surface area contributed by atoms with Crippen molar-refractivity contribution in [2.24, 2.45) is 0 Å². The summed E-state index contributed by atoms with van der Waals surface area (Å²) in [5.74, 6) is -0.0984. The summed E-state index contributed by atoms with van der Waals surface area (Å²) in [6.07, 6.45) is 1.39. The zero-order chi connectivity index (χ0) is 21.4. The average molecular weight is 444 g/mol. The maximum Gasteiger partial charge on any atom is 0.305 e. The van der Waals surface area contributed by atoms with Crippen LogP contribution in [0.25, 0.3) is 20.6 Å². The van der Waals surface area contributed by atoms with Gasteiger partial charge in [0.25, 0.3) is 5.91 Å². The van der Waals surface area contributed by atoms with E-state index in [-0.39, 0.29) is 28.2 Å². The summed E-state index contributed by atoms with van der Waals surface area (Å²) in [7, 11) is 4.82. The van der Waals surface area contributed by atoms with Crippen LogP contribution in [0.5, 0.6) is 0 Å². The lowest BCUT2D eigenvalue weighted by atomic mass is 10.3. The fourth-order valence-corrected chi connectivity index (χ4v) is 4.35. The van der Waals surface area contributed by atoms with Gasteiger partial charge in [0.15, 0.2) is 10.8 Å². The van der Waals surface area contributed by atoms with Crippen LogP contribution < -0.4 is 10.2 Å². The molecule has 0 radical (unpaired) electrons. The molecule has 0 atom stereocenters. The quantitative estimate of drug-likeness (QED) is 0.483. The molecule has 30 heavy (non-hydrogen) atoms. The van der Waals surface area contributed by atoms with Crippen LogP contribution in [0, 0.1) is 0 Å². The molecule has 0 unspecified atom stereocenters. The predicted octanol–water partition coefficient (Wildman–Crippen LogP) is 1.89. The van der Waals surface area contributed by atoms with Crippen LogP contribution in [-0.4, -0.2) is 69.2 Å². The molecule has 4 aromatic rings. The second kappa shape index (κ2) is 7.80. The van der Waals surface area contributed by atoms with Crippen LogP contribution in [0.4, 0.5) is 11.5 Å². The molecule has 2 N–H and O–H groups in total. The molecule has 0 aliphatic rings. The molecule has 0 bridgehead atoms. The minimum Gasteiger partial charge on any atom is -0.347 e. The normalized spacial score (nSPS) is 11.0. The van der Waals surface area contributed by atoms with Gasteiger partial charge in [-0.2, -0.15) is 0 Å². The number of nitrogens with zero attached hydrogens (tertiary/aromatic N) is 5. The molecule has 0 spiro atoms. The highest BCUT2D eigenvalue weighted by molar-refractivity contribution is 7.20. The van der Waals surface area contributed by atoms with E-state index >= 15 is 0 Å². The molecular formula is C18H17N7O3S2. The SMILES string of the molecule is CN(C)C(=O)CN(C)C(=O)c1nc2c(Nc3ccc4[nH]c(=O)sc4c3)ncnc2s1. The van der Waals surface area contributed by atoms with Crippen LogP contribution in [0.3, 0.4) is 0 Å². The Bertz CT molecular complexity index is 1320. The standard InChI is InChI=1S/C18H17N7O3S2/c1-24(2)12(26)7-25(3)17(27)16-23-13-14(19-8-20-15(13)30-16)21-9-4-5-10-11(6-9)29-18(28)22-10/h4-6,8H,7H2,1-3H3,(H,22,28)(H,19,20,21). The van der Waals surface area contributed by atoms with Gasteiger partial charge >= 0.3 is 4.87 Å². The van der Waals surface area contributed by atoms with E-state index in [1.807, 2.05) is 12.1 Å². The maximum absolute atomic E-state index is 12.7. The molecule has 154 valence electrons. The molecule has 3 aromatic heterocycles. The minimum atomic E-state index is -0.363. The van der Waals surface area contributed by atoms with Crippen molar-refractivity contribution >= 4 is 66.6 Å². The highest BCUT2D eigenvalue weighted by atomic mass is 32.1. The van der Waals surface area contributed by atoms with Crippen molar-refractivity contribution in [1.29, 1.82) is 0 Å². The molecule has 1 aromatic carbocycles. The van der Waals surface area contributed by atoms with Crippen molar-refractivity contribution in [1.82, 2.24) is 29.7 Å². The number of carbonyl (C=O) groups is 2. The van der Waals surface area contributed by atoms with E-state index in [0.29, 0.717) is 16.2 Å². The number of thiazole rings is 2. The molecule has 4 rings (SSSR count). The summed E-state index contributed by atoms with van der Waals surface area (Å²) in [6.45, 7) is -0.0436. The Morgan fingerprint density at radius 2 is 1.97 bits per heavy atom. The van der Waals surface area contributed by atoms with Crippen molar-refractivity contribution in [2.45, 2.75) is 0 Å². The third-order valence-electron chi connectivity index (χ3n) is 4.28. The van der Waals surface area contributed by atoms with E-state index in [4.69, 9.17) is 0 Å². The summed E-state index contributed by atoms with van der Waals surface area (Å²) in [5, 5.41) is 3.40. The number of aromatic nitrogens is 4. The van der Waals surface area contributed by atoms with E-state index < -0.39 is 0 Å². The number of amides is 2. The van der Waals surface area contributed by atoms with Gasteiger partial charge in [0.2, 0.25) is 5.91 Å². The predicted molar refractivity (Wildman–Crippen MR) is 117 cm³/mol. The first-order valence-electron chi connectivity index (χ1n) is 8.79. The van der Waals surface area contributed by atoms with Gasteiger partial charge in [0.1, 0.15) is 16.7 Å². The number of fused-ring (bicyclic) bond motifs is 2. The number of H-pyrrole nitrogens is 1. The number of rotatable bonds is 5. The van der Waals surface area contributed by atoms with Crippen LogP contribution in [0.2, 0.25) is 0 Å². The monoisotopic (exact) mass is 443 g/mol. The number of hydrogen-bond donors (Lipinski definition) is 2. The zero-order valence-corrected chi connectivity index (χ0v) is 17.9. The van der Waals surface area contributed by atoms with Gasteiger partial charge in [-0.15, -0.1) is 0 Å². The number of hydrogen-bond acceptors (Lipinski definition) is 9. The Balaban J connectivity index is 1.62. The number of carbonyl (C=O) groups excluding carboxylic acids is 2. The van der Waals surface area contributed by atoms with Crippen LogP contribution in [0.15, 0.2) is 29.3 Å². The van der Waals surface area contributed by atoms with Gasteiger partial charge in [-0.1, -0.05) is 22.7 Å². The molecule has 0 saturated heterocycles. The molecule has 2 amide bonds. The second-order valence-electron chi connectivity index (χ2n) is 6.69. The van der Waals surface area contributed by atoms with Crippen molar-refractivity contribution < 1.29 is 9.59 Å². The molecule has 0 fully saturated rings. The first kappa shape index (κ1) is 19.9. The van der Waals surface area contributed by atoms with Gasteiger partial charge < -0.3 is 20.1 Å². The smallest absolute Gasteiger partial charge is 0.305 e. The number of anilines is 2. The van der Waals surface area contributed by atoms with Gasteiger partial charge in [-0.05, 0) is 18.2 Å². The van der Waals surface area contributed by atoms with Gasteiger partial charge in [0, 0.05) is 26.8 Å². The van der Waals surface area contributed by atoms with Gasteiger partial charge in [-0.3, -0.25) is 14.4 Å². The van der Waals surface area contributed by atoms with Crippen LogP contribution >= 0.6 is 22.7 Å². The van der Waals surface area contributed by atoms with Crippen molar-refractivity contribution in [3.8, 4) is 0 Å². The minimum absolute atomic E-state index is 0.0436. The highest BCUT2D eigenvalue weighted by Crippen LogP contribution is 2.28. The first-order chi connectivity index (χ1) is 14.3. The Morgan fingerprint density at radius 3 is 2.73 bits per heavy atom. The molecule has 12 heteroatoms. The number of aromatic amines is 1. The lowest BCUT2D eigenvalue weighted by molar-refractivity contribution is -0.129. The molecule has 3 heterocycles. The summed E-state index contributed by atoms with van der Waals surface area (Å²) < 4.78 is 0.816. The lowest BCUT2D eigenvalue weighted by Crippen LogP contribution is -2.37. The second-order valence-corrected chi connectivity index (χ2v) is 8.69. The third kappa shape index (κ3) is 3.86. The highest BCUT2D eigenvalue weighted by Gasteiger charge is 2.21. The molecular weight excluding hydrogens is 426 g/mol. The van der Waals surface area contributed by atoms with Crippen molar-refractivity contribution in [2.75, 3.05) is 33.0 Å². The van der Waals surface area contributed by atoms with Crippen LogP contribution in [-0.2, 0) is 4.79 Å². The van der Waals surface area contributed by atoms with Gasteiger partial charge in [0.05, 0.1) is 16.8 Å². The molecule has 0 aliphatic carbocycles. The topological polar surface area (TPSA) is 124 Å². The van der Waals surface area contributed by atoms with E-state index in [1.165, 1.54) is 16.1 Å². The summed E-state index contributed by atoms with van der Waals surface area (Å²) in [5.41, 5.74) is 1.95. The number of benzene rings is 1. The van der Waals surface area contributed by atoms with E-state index in [2.05, 4.69) is 25.3 Å². The Labute approximate surface area is 178 Å². The van der Waals surface area contributed by atoms with E-state index in [1.54, 1.807) is 27.2 Å². The molecule has 0 saturated carbocycles. The van der Waals surface area contributed by atoms with E-state index in [0.717, 1.165) is 38.6 Å². The largest absolute Gasteiger partial charge is 0.347 e. The maximum atomic E-state index is 12.7. The zero-order valence-electron chi connectivity index (χ0n) is 16.3.